The van der Waals surface area contributed by atoms with Crippen molar-refractivity contribution in [1.82, 2.24) is 10.1 Å². The molecule has 23 heavy (non-hydrogen) atoms. The Morgan fingerprint density at radius 1 is 1.39 bits per heavy atom. The van der Waals surface area contributed by atoms with Gasteiger partial charge in [0.2, 0.25) is 5.91 Å². The van der Waals surface area contributed by atoms with E-state index in [9.17, 15) is 4.79 Å². The van der Waals surface area contributed by atoms with Gasteiger partial charge in [0.25, 0.3) is 0 Å². The second-order valence-corrected chi connectivity index (χ2v) is 7.18. The van der Waals surface area contributed by atoms with Gasteiger partial charge in [-0.05, 0) is 25.5 Å². The smallest absolute Gasteiger partial charge is 0.228 e. The Hall–Kier alpha value is -1.88. The third-order valence-corrected chi connectivity index (χ3v) is 5.86. The van der Waals surface area contributed by atoms with Crippen molar-refractivity contribution in [2.45, 2.75) is 45.3 Å². The Bertz CT molecular complexity index is 737. The number of amides is 1. The lowest BCUT2D eigenvalue weighted by Gasteiger charge is -2.61. The zero-order valence-electron chi connectivity index (χ0n) is 14.4. The number of benzene rings is 1. The van der Waals surface area contributed by atoms with Crippen LogP contribution in [0.15, 0.2) is 28.8 Å². The molecule has 1 saturated carbocycles. The Morgan fingerprint density at radius 2 is 2.09 bits per heavy atom. The van der Waals surface area contributed by atoms with E-state index in [2.05, 4.69) is 25.9 Å². The van der Waals surface area contributed by atoms with Crippen LogP contribution in [0.5, 0.6) is 0 Å². The number of ether oxygens (including phenoxy) is 1. The van der Waals surface area contributed by atoms with Gasteiger partial charge in [0.15, 0.2) is 5.58 Å². The van der Waals surface area contributed by atoms with E-state index in [0.717, 1.165) is 11.8 Å². The van der Waals surface area contributed by atoms with Crippen molar-refractivity contribution in [2.75, 3.05) is 14.2 Å². The van der Waals surface area contributed by atoms with Gasteiger partial charge in [-0.15, -0.1) is 0 Å². The molecule has 1 aliphatic rings. The summed E-state index contributed by atoms with van der Waals surface area (Å²) in [5, 5.41) is 4.96. The first-order valence-electron chi connectivity index (χ1n) is 7.94. The highest BCUT2D eigenvalue weighted by molar-refractivity contribution is 5.86. The maximum Gasteiger partial charge on any atom is 0.228 e. The number of rotatable bonds is 4. The first-order chi connectivity index (χ1) is 10.8. The second-order valence-electron chi connectivity index (χ2n) is 7.18. The molecule has 1 amide bonds. The van der Waals surface area contributed by atoms with Gasteiger partial charge in [-0.2, -0.15) is 0 Å². The summed E-state index contributed by atoms with van der Waals surface area (Å²) in [6, 6.07) is 7.78. The summed E-state index contributed by atoms with van der Waals surface area (Å²) in [6.45, 7) is 6.41. The first-order valence-corrected chi connectivity index (χ1v) is 7.94. The molecule has 1 aromatic heterocycles. The largest absolute Gasteiger partial charge is 0.378 e. The van der Waals surface area contributed by atoms with Crippen molar-refractivity contribution >= 4 is 16.9 Å². The molecule has 2 atom stereocenters. The number of hydrogen-bond acceptors (Lipinski definition) is 4. The van der Waals surface area contributed by atoms with Crippen molar-refractivity contribution in [3.63, 3.8) is 0 Å². The minimum Gasteiger partial charge on any atom is -0.378 e. The topological polar surface area (TPSA) is 55.6 Å². The lowest BCUT2D eigenvalue weighted by atomic mass is 9.55. The van der Waals surface area contributed by atoms with Crippen LogP contribution in [0, 0.1) is 5.41 Å². The van der Waals surface area contributed by atoms with Crippen LogP contribution in [0.3, 0.4) is 0 Å². The maximum absolute atomic E-state index is 12.7. The standard InChI is InChI=1S/C18H24N2O3/c1-17(2)15(11-18(17,3)22-5)20(4)16(21)10-13-12-8-6-7-9-14(12)23-19-13/h6-9,15H,10-11H2,1-5H3/t15-,18-/m0/s1. The number of likely N-dealkylation sites (N-methyl/N-ethyl adjacent to an activating group) is 1. The summed E-state index contributed by atoms with van der Waals surface area (Å²) < 4.78 is 10.9. The van der Waals surface area contributed by atoms with Crippen LogP contribution < -0.4 is 0 Å². The van der Waals surface area contributed by atoms with Crippen LogP contribution in [0.1, 0.15) is 32.9 Å². The van der Waals surface area contributed by atoms with E-state index >= 15 is 0 Å². The van der Waals surface area contributed by atoms with Crippen LogP contribution in [0.2, 0.25) is 0 Å². The van der Waals surface area contributed by atoms with Crippen molar-refractivity contribution in [3.05, 3.63) is 30.0 Å². The van der Waals surface area contributed by atoms with Gasteiger partial charge in [0.1, 0.15) is 5.69 Å². The molecule has 0 saturated heterocycles. The fourth-order valence-corrected chi connectivity index (χ4v) is 3.58. The lowest BCUT2D eigenvalue weighted by Crippen LogP contribution is -2.68. The quantitative estimate of drug-likeness (QED) is 0.870. The Balaban J connectivity index is 1.74. The van der Waals surface area contributed by atoms with Crippen LogP contribution >= 0.6 is 0 Å². The third-order valence-electron chi connectivity index (χ3n) is 5.86. The summed E-state index contributed by atoms with van der Waals surface area (Å²) in [5.41, 5.74) is 1.14. The lowest BCUT2D eigenvalue weighted by molar-refractivity contribution is -0.207. The van der Waals surface area contributed by atoms with Crippen molar-refractivity contribution in [2.24, 2.45) is 5.41 Å². The number of methoxy groups -OCH3 is 1. The molecule has 1 fully saturated rings. The number of para-hydroxylation sites is 1. The second kappa shape index (κ2) is 5.34. The van der Waals surface area contributed by atoms with Crippen LogP contribution in [0.25, 0.3) is 11.0 Å². The molecule has 0 aliphatic heterocycles. The average molecular weight is 316 g/mol. The molecule has 2 aromatic rings. The molecule has 3 rings (SSSR count). The molecule has 5 nitrogen and oxygen atoms in total. The third kappa shape index (κ3) is 2.34. The van der Waals surface area contributed by atoms with Gasteiger partial charge in [-0.1, -0.05) is 31.1 Å². The number of fused-ring (bicyclic) bond motifs is 1. The average Bonchev–Trinajstić information content (AvgIpc) is 2.94. The summed E-state index contributed by atoms with van der Waals surface area (Å²) in [5.74, 6) is 0.0558. The van der Waals surface area contributed by atoms with E-state index in [-0.39, 0.29) is 29.4 Å². The number of aromatic nitrogens is 1. The van der Waals surface area contributed by atoms with Crippen molar-refractivity contribution < 1.29 is 14.1 Å². The highest BCUT2D eigenvalue weighted by Crippen LogP contribution is 2.53. The summed E-state index contributed by atoms with van der Waals surface area (Å²) in [7, 11) is 3.60. The highest BCUT2D eigenvalue weighted by atomic mass is 16.5. The number of hydrogen-bond donors (Lipinski definition) is 0. The fraction of sp³-hybridized carbons (Fsp3) is 0.556. The maximum atomic E-state index is 12.7. The Kier molecular flexibility index (Phi) is 3.71. The molecule has 1 aliphatic carbocycles. The fourth-order valence-electron chi connectivity index (χ4n) is 3.58. The molecular weight excluding hydrogens is 292 g/mol. The summed E-state index contributed by atoms with van der Waals surface area (Å²) in [4.78, 5) is 14.5. The van der Waals surface area contributed by atoms with Gasteiger partial charge in [0.05, 0.1) is 12.0 Å². The highest BCUT2D eigenvalue weighted by Gasteiger charge is 2.59. The predicted molar refractivity (Wildman–Crippen MR) is 88.1 cm³/mol. The number of carbonyl (C=O) groups is 1. The molecule has 1 heterocycles. The number of carbonyl (C=O) groups excluding carboxylic acids is 1. The van der Waals surface area contributed by atoms with E-state index in [0.29, 0.717) is 11.3 Å². The minimum absolute atomic E-state index is 0.0558. The zero-order valence-corrected chi connectivity index (χ0v) is 14.4. The van der Waals surface area contributed by atoms with Crippen LogP contribution in [-0.2, 0) is 16.0 Å². The molecular formula is C18H24N2O3. The monoisotopic (exact) mass is 316 g/mol. The molecule has 0 radical (unpaired) electrons. The normalized spacial score (nSPS) is 26.0. The molecule has 0 bridgehead atoms. The Morgan fingerprint density at radius 3 is 2.74 bits per heavy atom. The van der Waals surface area contributed by atoms with Gasteiger partial charge >= 0.3 is 0 Å². The van der Waals surface area contributed by atoms with Crippen molar-refractivity contribution in [1.29, 1.82) is 0 Å². The van der Waals surface area contributed by atoms with Crippen LogP contribution in [-0.4, -0.2) is 41.8 Å². The summed E-state index contributed by atoms with van der Waals surface area (Å²) >= 11 is 0. The van der Waals surface area contributed by atoms with Gasteiger partial charge < -0.3 is 14.2 Å². The zero-order chi connectivity index (χ0) is 16.8. The molecule has 0 N–H and O–H groups in total. The van der Waals surface area contributed by atoms with Crippen LogP contribution in [0.4, 0.5) is 0 Å². The van der Waals surface area contributed by atoms with Gasteiger partial charge in [-0.3, -0.25) is 4.79 Å². The van der Waals surface area contributed by atoms with Gasteiger partial charge in [-0.25, -0.2) is 0 Å². The predicted octanol–water partition coefficient (Wildman–Crippen LogP) is 3.03. The first kappa shape index (κ1) is 16.0. The number of nitrogens with zero attached hydrogens (tertiary/aromatic N) is 2. The molecule has 0 spiro atoms. The minimum atomic E-state index is -0.188. The molecule has 0 unspecified atom stereocenters. The molecule has 1 aromatic carbocycles. The van der Waals surface area contributed by atoms with Crippen molar-refractivity contribution in [3.8, 4) is 0 Å². The SMILES string of the molecule is CO[C@@]1(C)C[C@H](N(C)C(=O)Cc2noc3ccccc23)C1(C)C. The molecule has 5 heteroatoms. The Labute approximate surface area is 136 Å². The van der Waals surface area contributed by atoms with Gasteiger partial charge in [0, 0.05) is 31.0 Å². The molecule has 124 valence electrons. The van der Waals surface area contributed by atoms with E-state index in [1.165, 1.54) is 0 Å². The summed E-state index contributed by atoms with van der Waals surface area (Å²) in [6.07, 6.45) is 1.10. The van der Waals surface area contributed by atoms with E-state index < -0.39 is 0 Å². The van der Waals surface area contributed by atoms with E-state index in [1.807, 2.05) is 36.2 Å². The van der Waals surface area contributed by atoms with E-state index in [4.69, 9.17) is 9.26 Å². The van der Waals surface area contributed by atoms with E-state index in [1.54, 1.807) is 7.11 Å².